The molecule has 2 aromatic carbocycles. The number of alkyl halides is 2. The molecule has 4 rings (SSSR count). The highest BCUT2D eigenvalue weighted by Crippen LogP contribution is 2.34. The number of aryl methyl sites for hydroxylation is 1. The first-order valence-electron chi connectivity index (χ1n) is 9.98. The zero-order chi connectivity index (χ0) is 23.0. The molecule has 0 aliphatic rings. The molecule has 168 valence electrons. The minimum absolute atomic E-state index is 0.0113. The van der Waals surface area contributed by atoms with Gasteiger partial charge in [-0.05, 0) is 62.6 Å². The lowest BCUT2D eigenvalue weighted by Gasteiger charge is -2.26. The van der Waals surface area contributed by atoms with Gasteiger partial charge >= 0.3 is 0 Å². The van der Waals surface area contributed by atoms with Gasteiger partial charge in [0.2, 0.25) is 0 Å². The van der Waals surface area contributed by atoms with Gasteiger partial charge in [0, 0.05) is 5.69 Å². The van der Waals surface area contributed by atoms with Gasteiger partial charge in [-0.25, -0.2) is 17.6 Å². The quantitative estimate of drug-likeness (QED) is 0.418. The lowest BCUT2D eigenvalue weighted by atomic mass is 9.98. The van der Waals surface area contributed by atoms with Crippen molar-refractivity contribution >= 4 is 28.2 Å². The molecule has 0 spiro atoms. The number of aromatic nitrogens is 4. The summed E-state index contributed by atoms with van der Waals surface area (Å²) < 4.78 is 58.0. The van der Waals surface area contributed by atoms with Crippen LogP contribution in [0, 0.1) is 11.6 Å². The summed E-state index contributed by atoms with van der Waals surface area (Å²) in [4.78, 5) is 5.36. The number of rotatable bonds is 7. The van der Waals surface area contributed by atoms with Gasteiger partial charge in [0.05, 0.1) is 23.0 Å². The van der Waals surface area contributed by atoms with E-state index < -0.39 is 30.2 Å². The van der Waals surface area contributed by atoms with Gasteiger partial charge < -0.3 is 10.0 Å². The van der Waals surface area contributed by atoms with E-state index >= 15 is 0 Å². The molecule has 0 aliphatic carbocycles. The summed E-state index contributed by atoms with van der Waals surface area (Å²) in [5, 5.41) is 17.6. The van der Waals surface area contributed by atoms with E-state index in [0.29, 0.717) is 23.9 Å². The molecule has 0 aliphatic heterocycles. The largest absolute Gasteiger partial charge is 0.390 e. The summed E-state index contributed by atoms with van der Waals surface area (Å²) >= 11 is 0. The Labute approximate surface area is 181 Å². The Morgan fingerprint density at radius 1 is 1.16 bits per heavy atom. The van der Waals surface area contributed by atoms with Gasteiger partial charge in [0.15, 0.2) is 0 Å². The molecule has 2 heterocycles. The number of hydrogen-bond acceptors (Lipinski definition) is 5. The second-order valence-electron chi connectivity index (χ2n) is 8.20. The Hall–Kier alpha value is -3.27. The molecule has 0 saturated carbocycles. The fourth-order valence-electron chi connectivity index (χ4n) is 3.59. The van der Waals surface area contributed by atoms with Gasteiger partial charge in [-0.15, -0.1) is 10.2 Å². The molecule has 0 atom stereocenters. The van der Waals surface area contributed by atoms with Crippen LogP contribution < -0.4 is 4.90 Å². The molecule has 32 heavy (non-hydrogen) atoms. The van der Waals surface area contributed by atoms with Crippen LogP contribution in [0.2, 0.25) is 0 Å². The van der Waals surface area contributed by atoms with Crippen LogP contribution in [-0.2, 0) is 6.42 Å². The van der Waals surface area contributed by atoms with Gasteiger partial charge in [0.1, 0.15) is 23.8 Å². The molecule has 0 bridgehead atoms. The van der Waals surface area contributed by atoms with Crippen LogP contribution >= 0.6 is 0 Å². The van der Waals surface area contributed by atoms with Crippen LogP contribution in [-0.4, -0.2) is 43.3 Å². The highest BCUT2D eigenvalue weighted by Gasteiger charge is 2.24. The SMILES string of the molecule is CC(C)(O)CCc1cc(F)cc(N(CC(F)F)c2nc3nncn3c3cccc(F)c23)c1. The third-order valence-corrected chi connectivity index (χ3v) is 5.07. The third kappa shape index (κ3) is 4.50. The first-order chi connectivity index (χ1) is 15.1. The number of hydrogen-bond donors (Lipinski definition) is 1. The zero-order valence-corrected chi connectivity index (χ0v) is 17.4. The van der Waals surface area contributed by atoms with E-state index in [1.165, 1.54) is 28.9 Å². The Kier molecular flexibility index (Phi) is 5.72. The maximum absolute atomic E-state index is 14.9. The van der Waals surface area contributed by atoms with Crippen molar-refractivity contribution in [3.8, 4) is 0 Å². The number of benzene rings is 2. The number of nitrogens with zero attached hydrogens (tertiary/aromatic N) is 5. The predicted octanol–water partition coefficient (Wildman–Crippen LogP) is 4.66. The summed E-state index contributed by atoms with van der Waals surface area (Å²) in [5.74, 6) is -1.33. The normalized spacial score (nSPS) is 12.2. The van der Waals surface area contributed by atoms with Crippen molar-refractivity contribution in [1.29, 1.82) is 0 Å². The van der Waals surface area contributed by atoms with Crippen LogP contribution in [0.15, 0.2) is 42.7 Å². The first-order valence-corrected chi connectivity index (χ1v) is 9.98. The van der Waals surface area contributed by atoms with E-state index in [-0.39, 0.29) is 22.7 Å². The van der Waals surface area contributed by atoms with Gasteiger partial charge in [-0.3, -0.25) is 4.40 Å². The van der Waals surface area contributed by atoms with Crippen molar-refractivity contribution in [3.63, 3.8) is 0 Å². The van der Waals surface area contributed by atoms with Crippen molar-refractivity contribution in [1.82, 2.24) is 19.6 Å². The molecule has 0 fully saturated rings. The fraction of sp³-hybridized carbons (Fsp3) is 0.318. The number of aliphatic hydroxyl groups is 1. The van der Waals surface area contributed by atoms with Crippen LogP contribution in [0.3, 0.4) is 0 Å². The lowest BCUT2D eigenvalue weighted by Crippen LogP contribution is -2.26. The number of halogens is 4. The molecule has 6 nitrogen and oxygen atoms in total. The minimum Gasteiger partial charge on any atom is -0.390 e. The zero-order valence-electron chi connectivity index (χ0n) is 17.4. The molecule has 4 aromatic rings. The monoisotopic (exact) mass is 447 g/mol. The summed E-state index contributed by atoms with van der Waals surface area (Å²) in [6.07, 6.45) is -0.798. The van der Waals surface area contributed by atoms with Crippen LogP contribution in [0.1, 0.15) is 25.8 Å². The van der Waals surface area contributed by atoms with Gasteiger partial charge in [-0.1, -0.05) is 6.07 Å². The summed E-state index contributed by atoms with van der Waals surface area (Å²) in [6, 6.07) is 8.20. The van der Waals surface area contributed by atoms with E-state index in [1.54, 1.807) is 26.0 Å². The fourth-order valence-corrected chi connectivity index (χ4v) is 3.59. The Morgan fingerprint density at radius 2 is 1.94 bits per heavy atom. The highest BCUT2D eigenvalue weighted by atomic mass is 19.3. The molecule has 0 unspecified atom stereocenters. The third-order valence-electron chi connectivity index (χ3n) is 5.07. The van der Waals surface area contributed by atoms with Crippen molar-refractivity contribution < 1.29 is 22.7 Å². The minimum atomic E-state index is -2.81. The second-order valence-corrected chi connectivity index (χ2v) is 8.20. The first kappa shape index (κ1) is 21.9. The Morgan fingerprint density at radius 3 is 2.66 bits per heavy atom. The van der Waals surface area contributed by atoms with E-state index in [0.717, 1.165) is 11.0 Å². The van der Waals surface area contributed by atoms with Crippen molar-refractivity contribution in [2.24, 2.45) is 0 Å². The van der Waals surface area contributed by atoms with Gasteiger partial charge in [0.25, 0.3) is 12.2 Å². The highest BCUT2D eigenvalue weighted by molar-refractivity contribution is 5.94. The average Bonchev–Trinajstić information content (AvgIpc) is 3.18. The molecule has 0 radical (unpaired) electrons. The van der Waals surface area contributed by atoms with Crippen molar-refractivity contribution in [3.05, 3.63) is 59.9 Å². The van der Waals surface area contributed by atoms with Crippen LogP contribution in [0.4, 0.5) is 29.1 Å². The van der Waals surface area contributed by atoms with Crippen molar-refractivity contribution in [2.45, 2.75) is 38.7 Å². The number of fused-ring (bicyclic) bond motifs is 3. The molecule has 1 N–H and O–H groups in total. The van der Waals surface area contributed by atoms with E-state index in [9.17, 15) is 22.7 Å². The molecule has 10 heteroatoms. The van der Waals surface area contributed by atoms with Crippen LogP contribution in [0.5, 0.6) is 0 Å². The predicted molar refractivity (Wildman–Crippen MR) is 112 cm³/mol. The molecule has 0 saturated heterocycles. The van der Waals surface area contributed by atoms with Crippen molar-refractivity contribution in [2.75, 3.05) is 11.4 Å². The summed E-state index contributed by atoms with van der Waals surface area (Å²) in [6.45, 7) is 2.42. The smallest absolute Gasteiger partial charge is 0.257 e. The average molecular weight is 447 g/mol. The van der Waals surface area contributed by atoms with E-state index in [1.807, 2.05) is 0 Å². The Balaban J connectivity index is 1.90. The molecular formula is C22H21F4N5O. The van der Waals surface area contributed by atoms with E-state index in [2.05, 4.69) is 15.2 Å². The summed E-state index contributed by atoms with van der Waals surface area (Å²) in [5.41, 5.74) is -0.0334. The molecule has 2 aromatic heterocycles. The topological polar surface area (TPSA) is 66.5 Å². The lowest BCUT2D eigenvalue weighted by molar-refractivity contribution is 0.0714. The molecular weight excluding hydrogens is 426 g/mol. The van der Waals surface area contributed by atoms with Crippen LogP contribution in [0.25, 0.3) is 16.7 Å². The summed E-state index contributed by atoms with van der Waals surface area (Å²) in [7, 11) is 0. The molecule has 0 amide bonds. The number of anilines is 2. The van der Waals surface area contributed by atoms with E-state index in [4.69, 9.17) is 0 Å². The van der Waals surface area contributed by atoms with Gasteiger partial charge in [-0.2, -0.15) is 4.98 Å². The maximum atomic E-state index is 14.9. The Bertz CT molecular complexity index is 1270. The standard InChI is InChI=1S/C22H21F4N5O/c1-22(2,32)7-6-13-8-14(23)10-15(9-13)30(11-18(25)26)20-19-16(24)4-3-5-17(19)31-12-27-29-21(31)28-20/h3-5,8-10,12,18,32H,6-7,11H2,1-2H3. The second kappa shape index (κ2) is 8.34. The maximum Gasteiger partial charge on any atom is 0.257 e.